The highest BCUT2D eigenvalue weighted by atomic mass is 16.6. The molecule has 0 atom stereocenters. The normalized spacial score (nSPS) is 15.3. The van der Waals surface area contributed by atoms with Crippen molar-refractivity contribution in [3.8, 4) is 6.07 Å². The highest BCUT2D eigenvalue weighted by Gasteiger charge is 2.26. The quantitative estimate of drug-likeness (QED) is 0.821. The van der Waals surface area contributed by atoms with Gasteiger partial charge in [0.15, 0.2) is 0 Å². The number of carbonyl (C=O) groups is 1. The molecule has 0 saturated carbocycles. The van der Waals surface area contributed by atoms with Crippen LogP contribution in [0.5, 0.6) is 0 Å². The Bertz CT molecular complexity index is 714. The number of rotatable bonds is 3. The predicted octanol–water partition coefficient (Wildman–Crippen LogP) is 4.03. The molecule has 5 nitrogen and oxygen atoms in total. The van der Waals surface area contributed by atoms with Crippen molar-refractivity contribution in [1.82, 2.24) is 9.80 Å². The molecule has 1 aromatic rings. The molecule has 5 heteroatoms. The lowest BCUT2D eigenvalue weighted by Gasteiger charge is -2.35. The lowest BCUT2D eigenvalue weighted by atomic mass is 10.0. The molecule has 1 aliphatic rings. The first-order chi connectivity index (χ1) is 12.2. The third kappa shape index (κ3) is 5.89. The van der Waals surface area contributed by atoms with Crippen LogP contribution in [0.25, 0.3) is 6.08 Å². The molecule has 1 saturated heterocycles. The van der Waals surface area contributed by atoms with Crippen LogP contribution >= 0.6 is 0 Å². The number of hydrogen-bond acceptors (Lipinski definition) is 4. The van der Waals surface area contributed by atoms with Crippen molar-refractivity contribution < 1.29 is 9.53 Å². The first-order valence-electron chi connectivity index (χ1n) is 9.06. The molecule has 1 aliphatic heterocycles. The van der Waals surface area contributed by atoms with Crippen molar-refractivity contribution in [2.24, 2.45) is 0 Å². The van der Waals surface area contributed by atoms with E-state index in [2.05, 4.69) is 37.0 Å². The number of nitriles is 1. The summed E-state index contributed by atoms with van der Waals surface area (Å²) < 4.78 is 5.44. The lowest BCUT2D eigenvalue weighted by molar-refractivity contribution is 0.0139. The number of allylic oxidation sites excluding steroid dienone is 1. The van der Waals surface area contributed by atoms with Gasteiger partial charge in [-0.15, -0.1) is 0 Å². The molecule has 1 aromatic carbocycles. The van der Waals surface area contributed by atoms with E-state index in [1.165, 1.54) is 5.57 Å². The summed E-state index contributed by atoms with van der Waals surface area (Å²) in [6.45, 7) is 13.3. The predicted molar refractivity (Wildman–Crippen MR) is 104 cm³/mol. The molecule has 1 fully saturated rings. The van der Waals surface area contributed by atoms with Crippen molar-refractivity contribution in [3.63, 3.8) is 0 Å². The topological polar surface area (TPSA) is 56.6 Å². The highest BCUT2D eigenvalue weighted by molar-refractivity contribution is 5.68. The molecule has 0 spiro atoms. The molecule has 2 rings (SSSR count). The summed E-state index contributed by atoms with van der Waals surface area (Å²) in [5.74, 6) is 0. The molecule has 0 aliphatic carbocycles. The number of ether oxygens (including phenoxy) is 1. The molecule has 0 N–H and O–H groups in total. The molecule has 140 valence electrons. The van der Waals surface area contributed by atoms with Gasteiger partial charge in [0, 0.05) is 32.7 Å². The maximum Gasteiger partial charge on any atom is 0.410 e. The van der Waals surface area contributed by atoms with E-state index in [0.29, 0.717) is 18.7 Å². The first kappa shape index (κ1) is 20.0. The average Bonchev–Trinajstić information content (AvgIpc) is 2.53. The Morgan fingerprint density at radius 2 is 1.88 bits per heavy atom. The van der Waals surface area contributed by atoms with Crippen molar-refractivity contribution >= 4 is 12.2 Å². The Kier molecular flexibility index (Phi) is 6.44. The van der Waals surface area contributed by atoms with Crippen LogP contribution in [0.4, 0.5) is 4.79 Å². The Balaban J connectivity index is 2.00. The minimum atomic E-state index is -0.471. The molecule has 0 aromatic heterocycles. The molecule has 1 heterocycles. The largest absolute Gasteiger partial charge is 0.444 e. The van der Waals surface area contributed by atoms with E-state index < -0.39 is 5.60 Å². The van der Waals surface area contributed by atoms with Crippen LogP contribution in [0.1, 0.15) is 51.3 Å². The standard InChI is InChI=1S/C21H29N3O2/c1-16(2)12-17-6-7-18(14-22)19(13-17)15-23-8-10-24(11-9-23)20(25)26-21(3,4)5/h6-7,12-13H,8-11,15H2,1-5H3. The van der Waals surface area contributed by atoms with Gasteiger partial charge in [-0.2, -0.15) is 5.26 Å². The fraction of sp³-hybridized carbons (Fsp3) is 0.524. The van der Waals surface area contributed by atoms with E-state index in [1.54, 1.807) is 4.90 Å². The Labute approximate surface area is 156 Å². The van der Waals surface area contributed by atoms with Gasteiger partial charge in [-0.25, -0.2) is 4.79 Å². The van der Waals surface area contributed by atoms with Crippen LogP contribution in [0.2, 0.25) is 0 Å². The summed E-state index contributed by atoms with van der Waals surface area (Å²) in [5.41, 5.74) is 3.62. The Morgan fingerprint density at radius 3 is 2.42 bits per heavy atom. The van der Waals surface area contributed by atoms with E-state index in [9.17, 15) is 10.1 Å². The van der Waals surface area contributed by atoms with Crippen LogP contribution in [-0.4, -0.2) is 47.7 Å². The minimum Gasteiger partial charge on any atom is -0.444 e. The molecule has 0 unspecified atom stereocenters. The number of carbonyl (C=O) groups excluding carboxylic acids is 1. The number of benzene rings is 1. The van der Waals surface area contributed by atoms with Crippen molar-refractivity contribution in [2.45, 2.75) is 46.8 Å². The van der Waals surface area contributed by atoms with Crippen LogP contribution in [0.15, 0.2) is 23.8 Å². The van der Waals surface area contributed by atoms with Crippen LogP contribution in [-0.2, 0) is 11.3 Å². The van der Waals surface area contributed by atoms with Gasteiger partial charge in [-0.05, 0) is 57.9 Å². The second kappa shape index (κ2) is 8.37. The second-order valence-corrected chi connectivity index (χ2v) is 7.99. The number of piperazine rings is 1. The van der Waals surface area contributed by atoms with E-state index >= 15 is 0 Å². The fourth-order valence-electron chi connectivity index (χ4n) is 2.93. The summed E-state index contributed by atoms with van der Waals surface area (Å²) in [5, 5.41) is 9.39. The summed E-state index contributed by atoms with van der Waals surface area (Å²) in [6.07, 6.45) is 1.87. The van der Waals surface area contributed by atoms with Gasteiger partial charge in [0.2, 0.25) is 0 Å². The van der Waals surface area contributed by atoms with Gasteiger partial charge >= 0.3 is 6.09 Å². The SMILES string of the molecule is CC(C)=Cc1ccc(C#N)c(CN2CCN(C(=O)OC(C)(C)C)CC2)c1. The zero-order chi connectivity index (χ0) is 19.3. The van der Waals surface area contributed by atoms with E-state index in [0.717, 1.165) is 30.8 Å². The van der Waals surface area contributed by atoms with Crippen LogP contribution < -0.4 is 0 Å². The smallest absolute Gasteiger partial charge is 0.410 e. The molecular formula is C21H29N3O2. The van der Waals surface area contributed by atoms with Gasteiger partial charge in [0.25, 0.3) is 0 Å². The zero-order valence-electron chi connectivity index (χ0n) is 16.5. The third-order valence-electron chi connectivity index (χ3n) is 4.12. The van der Waals surface area contributed by atoms with Gasteiger partial charge in [0.1, 0.15) is 5.60 Å². The highest BCUT2D eigenvalue weighted by Crippen LogP contribution is 2.18. The molecule has 0 radical (unpaired) electrons. The average molecular weight is 355 g/mol. The van der Waals surface area contributed by atoms with Crippen LogP contribution in [0, 0.1) is 11.3 Å². The monoisotopic (exact) mass is 355 g/mol. The number of amides is 1. The van der Waals surface area contributed by atoms with E-state index in [-0.39, 0.29) is 6.09 Å². The van der Waals surface area contributed by atoms with Crippen LogP contribution in [0.3, 0.4) is 0 Å². The van der Waals surface area contributed by atoms with Gasteiger partial charge in [-0.1, -0.05) is 17.7 Å². The molecule has 1 amide bonds. The first-order valence-corrected chi connectivity index (χ1v) is 9.06. The maximum absolute atomic E-state index is 12.2. The Hall–Kier alpha value is -2.32. The molecule has 26 heavy (non-hydrogen) atoms. The summed E-state index contributed by atoms with van der Waals surface area (Å²) in [6, 6.07) is 8.25. The van der Waals surface area contributed by atoms with Crippen molar-refractivity contribution in [1.29, 1.82) is 5.26 Å². The second-order valence-electron chi connectivity index (χ2n) is 7.99. The van der Waals surface area contributed by atoms with Gasteiger partial charge in [-0.3, -0.25) is 4.90 Å². The van der Waals surface area contributed by atoms with Gasteiger partial charge in [0.05, 0.1) is 11.6 Å². The van der Waals surface area contributed by atoms with E-state index in [4.69, 9.17) is 4.74 Å². The third-order valence-corrected chi connectivity index (χ3v) is 4.12. The maximum atomic E-state index is 12.2. The Morgan fingerprint density at radius 1 is 1.23 bits per heavy atom. The number of nitrogens with zero attached hydrogens (tertiary/aromatic N) is 3. The summed E-state index contributed by atoms with van der Waals surface area (Å²) >= 11 is 0. The minimum absolute atomic E-state index is 0.250. The van der Waals surface area contributed by atoms with Crippen molar-refractivity contribution in [2.75, 3.05) is 26.2 Å². The number of hydrogen-bond donors (Lipinski definition) is 0. The van der Waals surface area contributed by atoms with E-state index in [1.807, 2.05) is 32.9 Å². The molecular weight excluding hydrogens is 326 g/mol. The van der Waals surface area contributed by atoms with Crippen molar-refractivity contribution in [3.05, 3.63) is 40.5 Å². The summed E-state index contributed by atoms with van der Waals surface area (Å²) in [4.78, 5) is 16.2. The lowest BCUT2D eigenvalue weighted by Crippen LogP contribution is -2.49. The van der Waals surface area contributed by atoms with Gasteiger partial charge < -0.3 is 9.64 Å². The fourth-order valence-corrected chi connectivity index (χ4v) is 2.93. The zero-order valence-corrected chi connectivity index (χ0v) is 16.5. The summed E-state index contributed by atoms with van der Waals surface area (Å²) in [7, 11) is 0. The molecule has 0 bridgehead atoms.